The molecule has 4 rings (SSSR count). The van der Waals surface area contributed by atoms with Crippen LogP contribution < -0.4 is 11.1 Å². The number of primary amides is 1. The van der Waals surface area contributed by atoms with Gasteiger partial charge in [0.1, 0.15) is 22.5 Å². The zero-order chi connectivity index (χ0) is 24.6. The monoisotopic (exact) mass is 486 g/mol. The molecule has 0 bridgehead atoms. The molecule has 3 aromatic rings. The molecule has 4 N–H and O–H groups in total. The van der Waals surface area contributed by atoms with E-state index in [9.17, 15) is 23.5 Å². The van der Waals surface area contributed by atoms with Gasteiger partial charge in [-0.25, -0.2) is 13.8 Å². The molecular weight excluding hydrogens is 462 g/mol. The number of pyridine rings is 1. The van der Waals surface area contributed by atoms with E-state index in [1.54, 1.807) is 23.1 Å². The third-order valence-corrected chi connectivity index (χ3v) is 6.52. The van der Waals surface area contributed by atoms with E-state index in [0.717, 1.165) is 29.9 Å². The summed E-state index contributed by atoms with van der Waals surface area (Å²) in [5.74, 6) is -2.21. The van der Waals surface area contributed by atoms with Crippen molar-refractivity contribution in [2.75, 3.05) is 11.9 Å². The number of hydrogen-bond donors (Lipinski definition) is 3. The molecule has 3 heterocycles. The molecule has 0 saturated carbocycles. The summed E-state index contributed by atoms with van der Waals surface area (Å²) < 4.78 is 29.8. The number of rotatable bonds is 7. The number of nitrogens with one attached hydrogen (secondary N) is 1. The third-order valence-electron chi connectivity index (χ3n) is 5.63. The zero-order valence-electron chi connectivity index (χ0n) is 18.7. The normalized spacial score (nSPS) is 14.0. The molecule has 34 heavy (non-hydrogen) atoms. The predicted octanol–water partition coefficient (Wildman–Crippen LogP) is 4.28. The van der Waals surface area contributed by atoms with E-state index in [1.807, 2.05) is 0 Å². The van der Waals surface area contributed by atoms with Crippen LogP contribution in [0.5, 0.6) is 0 Å². The molecule has 1 fully saturated rings. The molecule has 1 aliphatic rings. The lowest BCUT2D eigenvalue weighted by atomic mass is 9.94. The van der Waals surface area contributed by atoms with Crippen LogP contribution >= 0.6 is 11.3 Å². The Hall–Kier alpha value is -3.37. The Labute approximate surface area is 199 Å². The highest BCUT2D eigenvalue weighted by Gasteiger charge is 2.27. The molecule has 7 nitrogen and oxygen atoms in total. The van der Waals surface area contributed by atoms with Gasteiger partial charge in [-0.3, -0.25) is 9.59 Å². The number of aromatic nitrogens is 1. The summed E-state index contributed by atoms with van der Waals surface area (Å²) in [4.78, 5) is 30.4. The Morgan fingerprint density at radius 3 is 2.59 bits per heavy atom. The highest BCUT2D eigenvalue weighted by atomic mass is 32.1. The number of benzene rings is 1. The second-order valence-corrected chi connectivity index (χ2v) is 9.53. The fraction of sp³-hybridized carbons (Fsp3) is 0.292. The molecule has 178 valence electrons. The SMILES string of the molecule is CC(C)(O)c1cc(F)c(-c2csc(Nc3cccc(CN4CCCC4=O)n3)c2C(N)=O)c(F)c1. The minimum absolute atomic E-state index is 0.0103. The Bertz CT molecular complexity index is 1250. The third kappa shape index (κ3) is 4.78. The molecule has 0 radical (unpaired) electrons. The van der Waals surface area contributed by atoms with Gasteiger partial charge in [-0.1, -0.05) is 6.07 Å². The maximum Gasteiger partial charge on any atom is 0.252 e. The van der Waals surface area contributed by atoms with Crippen LogP contribution in [0.2, 0.25) is 0 Å². The first-order chi connectivity index (χ1) is 16.0. The van der Waals surface area contributed by atoms with E-state index in [0.29, 0.717) is 31.0 Å². The number of nitrogens with two attached hydrogens (primary N) is 1. The van der Waals surface area contributed by atoms with Crippen LogP contribution in [0.25, 0.3) is 11.1 Å². The van der Waals surface area contributed by atoms with Crippen LogP contribution in [-0.4, -0.2) is 33.3 Å². The molecule has 0 unspecified atom stereocenters. The van der Waals surface area contributed by atoms with Gasteiger partial charge in [0.05, 0.1) is 29.0 Å². The quantitative estimate of drug-likeness (QED) is 0.462. The van der Waals surface area contributed by atoms with Crippen LogP contribution in [0, 0.1) is 11.6 Å². The van der Waals surface area contributed by atoms with Gasteiger partial charge in [0.2, 0.25) is 5.91 Å². The van der Waals surface area contributed by atoms with Crippen molar-refractivity contribution in [3.05, 3.63) is 64.2 Å². The van der Waals surface area contributed by atoms with Gasteiger partial charge in [-0.15, -0.1) is 11.3 Å². The Morgan fingerprint density at radius 2 is 2.00 bits per heavy atom. The molecule has 2 amide bonds. The van der Waals surface area contributed by atoms with Gasteiger partial charge in [0.15, 0.2) is 0 Å². The highest BCUT2D eigenvalue weighted by molar-refractivity contribution is 7.15. The first-order valence-corrected chi connectivity index (χ1v) is 11.6. The minimum Gasteiger partial charge on any atom is -0.386 e. The highest BCUT2D eigenvalue weighted by Crippen LogP contribution is 2.40. The second-order valence-electron chi connectivity index (χ2n) is 8.65. The van der Waals surface area contributed by atoms with E-state index in [4.69, 9.17) is 5.73 Å². The fourth-order valence-corrected chi connectivity index (χ4v) is 4.85. The number of nitrogens with zero attached hydrogens (tertiary/aromatic N) is 2. The van der Waals surface area contributed by atoms with Crippen molar-refractivity contribution in [1.29, 1.82) is 0 Å². The molecule has 0 atom stereocenters. The van der Waals surface area contributed by atoms with Gasteiger partial charge in [0, 0.05) is 23.9 Å². The van der Waals surface area contributed by atoms with Gasteiger partial charge in [0.25, 0.3) is 5.91 Å². The van der Waals surface area contributed by atoms with E-state index in [2.05, 4.69) is 10.3 Å². The molecule has 10 heteroatoms. The van der Waals surface area contributed by atoms with Gasteiger partial charge >= 0.3 is 0 Å². The number of likely N-dealkylation sites (tertiary alicyclic amines) is 1. The number of anilines is 2. The first kappa shape index (κ1) is 23.8. The largest absolute Gasteiger partial charge is 0.386 e. The topological polar surface area (TPSA) is 109 Å². The predicted molar refractivity (Wildman–Crippen MR) is 126 cm³/mol. The second kappa shape index (κ2) is 9.11. The lowest BCUT2D eigenvalue weighted by Gasteiger charge is -2.19. The van der Waals surface area contributed by atoms with Gasteiger partial charge < -0.3 is 21.1 Å². The molecule has 1 saturated heterocycles. The molecule has 0 spiro atoms. The van der Waals surface area contributed by atoms with Gasteiger partial charge in [-0.05, 0) is 50.1 Å². The van der Waals surface area contributed by atoms with E-state index < -0.39 is 28.7 Å². The Balaban J connectivity index is 1.67. The van der Waals surface area contributed by atoms with E-state index in [-0.39, 0.29) is 27.6 Å². The van der Waals surface area contributed by atoms with Crippen molar-refractivity contribution in [3.8, 4) is 11.1 Å². The lowest BCUT2D eigenvalue weighted by Crippen LogP contribution is -2.24. The van der Waals surface area contributed by atoms with Crippen LogP contribution in [0.1, 0.15) is 48.3 Å². The summed E-state index contributed by atoms with van der Waals surface area (Å²) >= 11 is 1.06. The molecule has 1 aliphatic heterocycles. The number of aliphatic hydroxyl groups is 1. The van der Waals surface area contributed by atoms with Crippen molar-refractivity contribution in [2.45, 2.75) is 38.8 Å². The molecular formula is C24H24F2N4O3S. The fourth-order valence-electron chi connectivity index (χ4n) is 3.88. The number of hydrogen-bond acceptors (Lipinski definition) is 6. The van der Waals surface area contributed by atoms with Crippen LogP contribution in [0.15, 0.2) is 35.7 Å². The average molecular weight is 487 g/mol. The van der Waals surface area contributed by atoms with Gasteiger partial charge in [-0.2, -0.15) is 0 Å². The van der Waals surface area contributed by atoms with Crippen molar-refractivity contribution < 1.29 is 23.5 Å². The van der Waals surface area contributed by atoms with Crippen molar-refractivity contribution in [2.24, 2.45) is 5.73 Å². The van der Waals surface area contributed by atoms with Crippen LogP contribution in [0.3, 0.4) is 0 Å². The zero-order valence-corrected chi connectivity index (χ0v) is 19.5. The number of carbonyl (C=O) groups excluding carboxylic acids is 2. The van der Waals surface area contributed by atoms with Crippen molar-refractivity contribution >= 4 is 34.0 Å². The Kier molecular flexibility index (Phi) is 6.37. The maximum absolute atomic E-state index is 14.9. The first-order valence-electron chi connectivity index (χ1n) is 10.7. The lowest BCUT2D eigenvalue weighted by molar-refractivity contribution is -0.128. The number of thiophene rings is 1. The van der Waals surface area contributed by atoms with E-state index in [1.165, 1.54) is 19.2 Å². The Morgan fingerprint density at radius 1 is 1.29 bits per heavy atom. The average Bonchev–Trinajstić information content (AvgIpc) is 3.33. The number of carbonyl (C=O) groups is 2. The van der Waals surface area contributed by atoms with Crippen molar-refractivity contribution in [3.63, 3.8) is 0 Å². The smallest absolute Gasteiger partial charge is 0.252 e. The van der Waals surface area contributed by atoms with Crippen molar-refractivity contribution in [1.82, 2.24) is 9.88 Å². The summed E-state index contributed by atoms with van der Waals surface area (Å²) in [5, 5.41) is 14.8. The summed E-state index contributed by atoms with van der Waals surface area (Å²) in [6, 6.07) is 7.31. The number of amides is 2. The summed E-state index contributed by atoms with van der Waals surface area (Å²) in [5.41, 5.74) is 4.41. The van der Waals surface area contributed by atoms with Crippen LogP contribution in [-0.2, 0) is 16.9 Å². The number of halogens is 2. The molecule has 2 aromatic heterocycles. The van der Waals surface area contributed by atoms with Crippen LogP contribution in [0.4, 0.5) is 19.6 Å². The molecule has 1 aromatic carbocycles. The summed E-state index contributed by atoms with van der Waals surface area (Å²) in [6.07, 6.45) is 1.35. The van der Waals surface area contributed by atoms with E-state index >= 15 is 0 Å². The molecule has 0 aliphatic carbocycles. The maximum atomic E-state index is 14.9. The standard InChI is InChI=1S/C24H24F2N4O3S/c1-24(2,33)13-9-16(25)20(17(26)10-13)15-12-34-23(21(15)22(27)32)29-18-6-3-5-14(28-18)11-30-8-4-7-19(30)31/h3,5-6,9-10,12,33H,4,7-8,11H2,1-2H3,(H2,27,32)(H,28,29). The minimum atomic E-state index is -1.44. The summed E-state index contributed by atoms with van der Waals surface area (Å²) in [6.45, 7) is 3.89. The summed E-state index contributed by atoms with van der Waals surface area (Å²) in [7, 11) is 0.